The Balaban J connectivity index is 0.000000867. The van der Waals surface area contributed by atoms with E-state index in [2.05, 4.69) is 6.92 Å². The van der Waals surface area contributed by atoms with Crippen molar-refractivity contribution in [1.82, 2.24) is 0 Å². The Kier molecular flexibility index (Phi) is 20.3. The predicted molar refractivity (Wildman–Crippen MR) is 114 cm³/mol. The summed E-state index contributed by atoms with van der Waals surface area (Å²) in [6.45, 7) is 2.27. The first kappa shape index (κ1) is 25.4. The minimum atomic E-state index is -0.653. The standard InChI is InChI=1S/C18H36O2.C5H11N/c1-2-3-4-5-6-7-8-9-10-11-12-13-14-15-16-17-18(19)20;6-5-3-1-2-4-5/h2-17H2,1H3,(H,19,20);5H,1-4,6H2. The normalized spacial score (nSPS) is 14.2. The first-order chi connectivity index (χ1) is 12.7. The number of aliphatic carboxylic acids is 1. The summed E-state index contributed by atoms with van der Waals surface area (Å²) in [6.07, 6.45) is 25.5. The zero-order valence-corrected chi connectivity index (χ0v) is 17.7. The van der Waals surface area contributed by atoms with E-state index in [0.717, 1.165) is 12.8 Å². The molecule has 3 nitrogen and oxygen atoms in total. The lowest BCUT2D eigenvalue weighted by atomic mass is 10.0. The number of nitrogens with two attached hydrogens (primary N) is 1. The van der Waals surface area contributed by atoms with Gasteiger partial charge in [-0.15, -0.1) is 0 Å². The fraction of sp³-hybridized carbons (Fsp3) is 0.957. The Morgan fingerprint density at radius 2 is 1.08 bits per heavy atom. The van der Waals surface area contributed by atoms with Crippen LogP contribution in [0.2, 0.25) is 0 Å². The molecule has 1 fully saturated rings. The average Bonchev–Trinajstić information content (AvgIpc) is 3.09. The van der Waals surface area contributed by atoms with Crippen LogP contribution in [0.1, 0.15) is 135 Å². The Bertz CT molecular complexity index is 288. The van der Waals surface area contributed by atoms with Gasteiger partial charge < -0.3 is 10.8 Å². The molecule has 3 heteroatoms. The maximum atomic E-state index is 10.3. The van der Waals surface area contributed by atoms with Gasteiger partial charge in [-0.3, -0.25) is 4.79 Å². The van der Waals surface area contributed by atoms with Crippen LogP contribution in [0.15, 0.2) is 0 Å². The Labute approximate surface area is 163 Å². The number of hydrogen-bond donors (Lipinski definition) is 2. The largest absolute Gasteiger partial charge is 0.481 e. The average molecular weight is 370 g/mol. The van der Waals surface area contributed by atoms with Crippen LogP contribution < -0.4 is 5.73 Å². The summed E-state index contributed by atoms with van der Waals surface area (Å²) in [6, 6.07) is 0.546. The zero-order chi connectivity index (χ0) is 19.3. The van der Waals surface area contributed by atoms with Crippen molar-refractivity contribution in [3.8, 4) is 0 Å². The van der Waals surface area contributed by atoms with E-state index in [1.165, 1.54) is 109 Å². The topological polar surface area (TPSA) is 63.3 Å². The van der Waals surface area contributed by atoms with Gasteiger partial charge in [0.2, 0.25) is 0 Å². The third-order valence-corrected chi connectivity index (χ3v) is 5.39. The first-order valence-electron chi connectivity index (χ1n) is 11.6. The van der Waals surface area contributed by atoms with Gasteiger partial charge in [-0.1, -0.05) is 110 Å². The molecule has 0 aromatic heterocycles. The van der Waals surface area contributed by atoms with Crippen molar-refractivity contribution in [3.63, 3.8) is 0 Å². The van der Waals surface area contributed by atoms with Crippen LogP contribution >= 0.6 is 0 Å². The van der Waals surface area contributed by atoms with Crippen LogP contribution in [0, 0.1) is 0 Å². The van der Waals surface area contributed by atoms with Crippen molar-refractivity contribution in [2.75, 3.05) is 0 Å². The quantitative estimate of drug-likeness (QED) is 0.282. The molecule has 0 radical (unpaired) electrons. The van der Waals surface area contributed by atoms with Gasteiger partial charge in [0.25, 0.3) is 0 Å². The van der Waals surface area contributed by atoms with Crippen molar-refractivity contribution in [2.45, 2.75) is 141 Å². The first-order valence-corrected chi connectivity index (χ1v) is 11.6. The van der Waals surface area contributed by atoms with E-state index in [1.807, 2.05) is 0 Å². The summed E-state index contributed by atoms with van der Waals surface area (Å²) >= 11 is 0. The van der Waals surface area contributed by atoms with Gasteiger partial charge >= 0.3 is 5.97 Å². The molecule has 1 aliphatic rings. The molecule has 1 aliphatic carbocycles. The number of rotatable bonds is 16. The molecule has 0 amide bonds. The van der Waals surface area contributed by atoms with Crippen molar-refractivity contribution < 1.29 is 9.90 Å². The van der Waals surface area contributed by atoms with Gasteiger partial charge in [0.15, 0.2) is 0 Å². The lowest BCUT2D eigenvalue weighted by molar-refractivity contribution is -0.137. The zero-order valence-electron chi connectivity index (χ0n) is 17.7. The summed E-state index contributed by atoms with van der Waals surface area (Å²) in [5, 5.41) is 8.52. The Morgan fingerprint density at radius 1 is 0.731 bits per heavy atom. The van der Waals surface area contributed by atoms with E-state index < -0.39 is 5.97 Å². The lowest BCUT2D eigenvalue weighted by Crippen LogP contribution is -2.13. The molecule has 1 saturated carbocycles. The fourth-order valence-corrected chi connectivity index (χ4v) is 3.60. The Hall–Kier alpha value is -0.570. The second-order valence-electron chi connectivity index (χ2n) is 8.14. The monoisotopic (exact) mass is 369 g/mol. The molecular weight excluding hydrogens is 322 g/mol. The van der Waals surface area contributed by atoms with Crippen LogP contribution in [-0.2, 0) is 4.79 Å². The summed E-state index contributed by atoms with van der Waals surface area (Å²) in [5.41, 5.74) is 5.53. The van der Waals surface area contributed by atoms with Gasteiger partial charge in [0.05, 0.1) is 0 Å². The molecule has 0 bridgehead atoms. The van der Waals surface area contributed by atoms with E-state index in [9.17, 15) is 4.79 Å². The number of carbonyl (C=O) groups is 1. The molecule has 0 unspecified atom stereocenters. The van der Waals surface area contributed by atoms with E-state index in [4.69, 9.17) is 10.8 Å². The van der Waals surface area contributed by atoms with Crippen molar-refractivity contribution >= 4 is 5.97 Å². The Morgan fingerprint density at radius 3 is 1.35 bits per heavy atom. The SMILES string of the molecule is CCCCCCCCCCCCCCCCCC(=O)O.NC1CCCC1. The summed E-state index contributed by atoms with van der Waals surface area (Å²) in [7, 11) is 0. The van der Waals surface area contributed by atoms with Gasteiger partial charge in [-0.2, -0.15) is 0 Å². The minimum absolute atomic E-state index is 0.345. The lowest BCUT2D eigenvalue weighted by Gasteiger charge is -2.03. The molecule has 0 atom stereocenters. The second kappa shape index (κ2) is 20.7. The number of carboxylic acid groups (broad SMARTS) is 1. The molecule has 26 heavy (non-hydrogen) atoms. The van der Waals surface area contributed by atoms with E-state index >= 15 is 0 Å². The molecule has 3 N–H and O–H groups in total. The molecule has 0 saturated heterocycles. The van der Waals surface area contributed by atoms with Crippen molar-refractivity contribution in [2.24, 2.45) is 5.73 Å². The molecule has 0 spiro atoms. The van der Waals surface area contributed by atoms with E-state index in [-0.39, 0.29) is 0 Å². The maximum absolute atomic E-state index is 10.3. The van der Waals surface area contributed by atoms with Crippen molar-refractivity contribution in [1.29, 1.82) is 0 Å². The summed E-state index contributed by atoms with van der Waals surface area (Å²) in [5.74, 6) is -0.653. The fourth-order valence-electron chi connectivity index (χ4n) is 3.60. The van der Waals surface area contributed by atoms with E-state index in [0.29, 0.717) is 12.5 Å². The molecular formula is C23H47NO2. The van der Waals surface area contributed by atoms with Crippen LogP contribution in [0.4, 0.5) is 0 Å². The highest BCUT2D eigenvalue weighted by atomic mass is 16.4. The third kappa shape index (κ3) is 21.5. The molecule has 0 aliphatic heterocycles. The molecule has 0 aromatic rings. The third-order valence-electron chi connectivity index (χ3n) is 5.39. The van der Waals surface area contributed by atoms with Crippen LogP contribution in [0.5, 0.6) is 0 Å². The second-order valence-corrected chi connectivity index (χ2v) is 8.14. The smallest absolute Gasteiger partial charge is 0.303 e. The van der Waals surface area contributed by atoms with Crippen LogP contribution in [0.3, 0.4) is 0 Å². The molecule has 0 aromatic carbocycles. The van der Waals surface area contributed by atoms with Gasteiger partial charge in [0, 0.05) is 12.5 Å². The number of carboxylic acids is 1. The number of hydrogen-bond acceptors (Lipinski definition) is 2. The highest BCUT2D eigenvalue weighted by molar-refractivity contribution is 5.66. The number of unbranched alkanes of at least 4 members (excludes halogenated alkanes) is 14. The van der Waals surface area contributed by atoms with E-state index in [1.54, 1.807) is 0 Å². The van der Waals surface area contributed by atoms with Gasteiger partial charge in [0.1, 0.15) is 0 Å². The van der Waals surface area contributed by atoms with Gasteiger partial charge in [-0.05, 0) is 19.3 Å². The molecule has 0 heterocycles. The van der Waals surface area contributed by atoms with Crippen molar-refractivity contribution in [3.05, 3.63) is 0 Å². The summed E-state index contributed by atoms with van der Waals surface area (Å²) < 4.78 is 0. The molecule has 156 valence electrons. The molecule has 1 rings (SSSR count). The summed E-state index contributed by atoms with van der Waals surface area (Å²) in [4.78, 5) is 10.3. The van der Waals surface area contributed by atoms with Gasteiger partial charge in [-0.25, -0.2) is 0 Å². The minimum Gasteiger partial charge on any atom is -0.481 e. The highest BCUT2D eigenvalue weighted by Gasteiger charge is 2.07. The maximum Gasteiger partial charge on any atom is 0.303 e. The predicted octanol–water partition coefficient (Wildman–Crippen LogP) is 7.22. The highest BCUT2D eigenvalue weighted by Crippen LogP contribution is 2.15. The van der Waals surface area contributed by atoms with Crippen LogP contribution in [-0.4, -0.2) is 17.1 Å². The van der Waals surface area contributed by atoms with Crippen LogP contribution in [0.25, 0.3) is 0 Å².